The van der Waals surface area contributed by atoms with Crippen molar-refractivity contribution in [3.8, 4) is 0 Å². The van der Waals surface area contributed by atoms with Gasteiger partial charge in [-0.05, 0) is 25.0 Å². The van der Waals surface area contributed by atoms with Crippen LogP contribution in [0.15, 0.2) is 60.7 Å². The molecule has 1 N–H and O–H groups in total. The number of carbonyl (C=O) groups is 1. The van der Waals surface area contributed by atoms with Crippen LogP contribution in [-0.4, -0.2) is 30.4 Å². The van der Waals surface area contributed by atoms with E-state index in [0.717, 1.165) is 11.1 Å². The van der Waals surface area contributed by atoms with Gasteiger partial charge in [-0.2, -0.15) is 0 Å². The average Bonchev–Trinajstić information content (AvgIpc) is 2.65. The zero-order valence-corrected chi connectivity index (χ0v) is 15.0. The molecule has 4 heteroatoms. The highest BCUT2D eigenvalue weighted by Gasteiger charge is 2.42. The van der Waals surface area contributed by atoms with Gasteiger partial charge in [0.05, 0.1) is 31.3 Å². The van der Waals surface area contributed by atoms with Gasteiger partial charge >= 0.3 is 5.97 Å². The fourth-order valence-electron chi connectivity index (χ4n) is 2.73. The lowest BCUT2D eigenvalue weighted by Gasteiger charge is -2.33. The molecule has 0 aliphatic rings. The number of hydrogen-bond acceptors (Lipinski definition) is 4. The Morgan fingerprint density at radius 2 is 1.52 bits per heavy atom. The Morgan fingerprint density at radius 1 is 1.00 bits per heavy atom. The Bertz CT molecular complexity index is 652. The van der Waals surface area contributed by atoms with Gasteiger partial charge in [-0.15, -0.1) is 0 Å². The molecule has 0 unspecified atom stereocenters. The number of aliphatic hydroxyl groups is 1. The van der Waals surface area contributed by atoms with Crippen LogP contribution >= 0.6 is 0 Å². The summed E-state index contributed by atoms with van der Waals surface area (Å²) in [5, 5.41) is 10.9. The molecule has 2 aromatic rings. The van der Waals surface area contributed by atoms with Crippen molar-refractivity contribution < 1.29 is 19.4 Å². The Kier molecular flexibility index (Phi) is 6.73. The van der Waals surface area contributed by atoms with E-state index in [1.165, 1.54) is 7.11 Å². The summed E-state index contributed by atoms with van der Waals surface area (Å²) in [6, 6.07) is 19.6. The summed E-state index contributed by atoms with van der Waals surface area (Å²) in [6.07, 6.45) is -1.02. The second-order valence-electron chi connectivity index (χ2n) is 6.68. The van der Waals surface area contributed by atoms with Gasteiger partial charge in [0.2, 0.25) is 0 Å². The lowest BCUT2D eigenvalue weighted by atomic mass is 9.82. The molecule has 0 aromatic heterocycles. The first-order valence-corrected chi connectivity index (χ1v) is 8.41. The molecule has 0 spiro atoms. The van der Waals surface area contributed by atoms with Gasteiger partial charge in [-0.1, -0.05) is 60.7 Å². The summed E-state index contributed by atoms with van der Waals surface area (Å²) in [5.41, 5.74) is 0.995. The topological polar surface area (TPSA) is 55.8 Å². The third-order valence-electron chi connectivity index (χ3n) is 4.39. The number of esters is 1. The quantitative estimate of drug-likeness (QED) is 0.747. The maximum Gasteiger partial charge on any atom is 0.313 e. The minimum atomic E-state index is -1.06. The summed E-state index contributed by atoms with van der Waals surface area (Å²) in [7, 11) is 1.33. The van der Waals surface area contributed by atoms with E-state index in [9.17, 15) is 9.90 Å². The van der Waals surface area contributed by atoms with Crippen LogP contribution < -0.4 is 0 Å². The van der Waals surface area contributed by atoms with Crippen LogP contribution in [0.3, 0.4) is 0 Å². The van der Waals surface area contributed by atoms with Crippen LogP contribution in [0, 0.1) is 5.41 Å². The highest BCUT2D eigenvalue weighted by Crippen LogP contribution is 2.28. The van der Waals surface area contributed by atoms with Crippen molar-refractivity contribution in [1.82, 2.24) is 0 Å². The molecule has 2 atom stereocenters. The zero-order chi connectivity index (χ0) is 18.3. The smallest absolute Gasteiger partial charge is 0.313 e. The van der Waals surface area contributed by atoms with E-state index in [1.807, 2.05) is 60.7 Å². The second-order valence-corrected chi connectivity index (χ2v) is 6.68. The molecule has 0 bridgehead atoms. The Labute approximate surface area is 149 Å². The lowest BCUT2D eigenvalue weighted by Crippen LogP contribution is -2.47. The van der Waals surface area contributed by atoms with E-state index >= 15 is 0 Å². The SMILES string of the molecule is COC(=O)C(C)(C)[C@@H](O)[C@@H](Cc1ccccc1)OCc1ccccc1. The van der Waals surface area contributed by atoms with Gasteiger partial charge in [0, 0.05) is 6.42 Å². The molecule has 2 aromatic carbocycles. The van der Waals surface area contributed by atoms with Gasteiger partial charge in [0.25, 0.3) is 0 Å². The molecule has 0 radical (unpaired) electrons. The molecule has 0 saturated heterocycles. The molecule has 0 aliphatic carbocycles. The number of hydrogen-bond donors (Lipinski definition) is 1. The van der Waals surface area contributed by atoms with Gasteiger partial charge in [-0.25, -0.2) is 0 Å². The van der Waals surface area contributed by atoms with E-state index in [-0.39, 0.29) is 0 Å². The molecule has 134 valence electrons. The van der Waals surface area contributed by atoms with Crippen molar-refractivity contribution in [2.24, 2.45) is 5.41 Å². The summed E-state index contributed by atoms with van der Waals surface area (Å²) in [5.74, 6) is -0.457. The Hall–Kier alpha value is -2.17. The van der Waals surface area contributed by atoms with Gasteiger partial charge in [-0.3, -0.25) is 4.79 Å². The maximum absolute atomic E-state index is 12.1. The molecule has 0 amide bonds. The first kappa shape index (κ1) is 19.2. The largest absolute Gasteiger partial charge is 0.469 e. The number of aliphatic hydroxyl groups excluding tert-OH is 1. The minimum Gasteiger partial charge on any atom is -0.469 e. The number of benzene rings is 2. The zero-order valence-electron chi connectivity index (χ0n) is 15.0. The Balaban J connectivity index is 2.17. The second kappa shape index (κ2) is 8.79. The first-order valence-electron chi connectivity index (χ1n) is 8.41. The van der Waals surface area contributed by atoms with E-state index in [4.69, 9.17) is 9.47 Å². The molecule has 0 fully saturated rings. The van der Waals surface area contributed by atoms with Crippen molar-refractivity contribution in [2.45, 2.75) is 39.1 Å². The molecule has 0 saturated carbocycles. The third kappa shape index (κ3) is 5.15. The molecular weight excluding hydrogens is 316 g/mol. The van der Waals surface area contributed by atoms with Crippen molar-refractivity contribution in [1.29, 1.82) is 0 Å². The molecule has 0 heterocycles. The molecule has 4 nitrogen and oxygen atoms in total. The van der Waals surface area contributed by atoms with Gasteiger partial charge < -0.3 is 14.6 Å². The molecule has 25 heavy (non-hydrogen) atoms. The predicted octanol–water partition coefficient (Wildman–Crippen LogP) is 3.37. The monoisotopic (exact) mass is 342 g/mol. The predicted molar refractivity (Wildman–Crippen MR) is 97.0 cm³/mol. The normalized spacial score (nSPS) is 13.9. The van der Waals surface area contributed by atoms with Crippen LogP contribution in [-0.2, 0) is 27.3 Å². The van der Waals surface area contributed by atoms with E-state index < -0.39 is 23.6 Å². The summed E-state index contributed by atoms with van der Waals surface area (Å²) in [6.45, 7) is 3.72. The number of ether oxygens (including phenoxy) is 2. The van der Waals surface area contributed by atoms with Crippen molar-refractivity contribution >= 4 is 5.97 Å². The van der Waals surface area contributed by atoms with Crippen LogP contribution in [0.25, 0.3) is 0 Å². The molecule has 2 rings (SSSR count). The van der Waals surface area contributed by atoms with Crippen LogP contribution in [0.4, 0.5) is 0 Å². The minimum absolute atomic E-state index is 0.368. The van der Waals surface area contributed by atoms with Crippen molar-refractivity contribution in [3.63, 3.8) is 0 Å². The number of carbonyl (C=O) groups excluding carboxylic acids is 1. The van der Waals surface area contributed by atoms with Crippen molar-refractivity contribution in [3.05, 3.63) is 71.8 Å². The van der Waals surface area contributed by atoms with Gasteiger partial charge in [0.1, 0.15) is 0 Å². The molecular formula is C21H26O4. The summed E-state index contributed by atoms with van der Waals surface area (Å²) in [4.78, 5) is 12.1. The van der Waals surface area contributed by atoms with Crippen molar-refractivity contribution in [2.75, 3.05) is 7.11 Å². The average molecular weight is 342 g/mol. The fraction of sp³-hybridized carbons (Fsp3) is 0.381. The number of rotatable bonds is 8. The molecule has 0 aliphatic heterocycles. The van der Waals surface area contributed by atoms with Crippen LogP contribution in [0.1, 0.15) is 25.0 Å². The van der Waals surface area contributed by atoms with Gasteiger partial charge in [0.15, 0.2) is 0 Å². The summed E-state index contributed by atoms with van der Waals surface area (Å²) < 4.78 is 10.9. The summed E-state index contributed by atoms with van der Waals surface area (Å²) >= 11 is 0. The van der Waals surface area contributed by atoms with E-state index in [1.54, 1.807) is 13.8 Å². The first-order chi connectivity index (χ1) is 11.9. The highest BCUT2D eigenvalue weighted by atomic mass is 16.5. The third-order valence-corrected chi connectivity index (χ3v) is 4.39. The van der Waals surface area contributed by atoms with E-state index in [0.29, 0.717) is 13.0 Å². The lowest BCUT2D eigenvalue weighted by molar-refractivity contribution is -0.166. The van der Waals surface area contributed by atoms with Crippen LogP contribution in [0.2, 0.25) is 0 Å². The maximum atomic E-state index is 12.1. The van der Waals surface area contributed by atoms with Crippen LogP contribution in [0.5, 0.6) is 0 Å². The Morgan fingerprint density at radius 3 is 2.04 bits per heavy atom. The highest BCUT2D eigenvalue weighted by molar-refractivity contribution is 5.76. The standard InChI is InChI=1S/C21H26O4/c1-21(2,20(23)24-3)19(22)18(14-16-10-6-4-7-11-16)25-15-17-12-8-5-9-13-17/h4-13,18-19,22H,14-15H2,1-3H3/t18-,19+/m1/s1. The van der Waals surface area contributed by atoms with E-state index in [2.05, 4.69) is 0 Å². The fourth-order valence-corrected chi connectivity index (χ4v) is 2.73. The number of methoxy groups -OCH3 is 1.